The number of carbonyl (C=O) groups is 1. The van der Waals surface area contributed by atoms with Gasteiger partial charge in [-0.1, -0.05) is 24.3 Å². The highest BCUT2D eigenvalue weighted by atomic mass is 16.1. The monoisotopic (exact) mass is 243 g/mol. The molecule has 2 rings (SSSR count). The van der Waals surface area contributed by atoms with Gasteiger partial charge < -0.3 is 5.32 Å². The van der Waals surface area contributed by atoms with Crippen LogP contribution in [0.5, 0.6) is 0 Å². The van der Waals surface area contributed by atoms with E-state index in [1.54, 1.807) is 4.68 Å². The maximum atomic E-state index is 11.0. The molecule has 1 N–H and O–H groups in total. The number of aromatic nitrogens is 2. The molecule has 4 heteroatoms. The van der Waals surface area contributed by atoms with Crippen LogP contribution < -0.4 is 5.32 Å². The van der Waals surface area contributed by atoms with Crippen LogP contribution in [-0.2, 0) is 11.8 Å². The van der Waals surface area contributed by atoms with Crippen LogP contribution in [-0.4, -0.2) is 15.7 Å². The Bertz CT molecular complexity index is 542. The number of benzene rings is 1. The Hall–Kier alpha value is -2.10. The molecule has 0 spiro atoms. The second-order valence-electron chi connectivity index (χ2n) is 4.45. The molecule has 94 valence electrons. The van der Waals surface area contributed by atoms with Gasteiger partial charge in [0.05, 0.1) is 12.2 Å². The first-order valence-corrected chi connectivity index (χ1v) is 5.92. The molecular formula is C14H17N3O. The van der Waals surface area contributed by atoms with Crippen LogP contribution in [0.15, 0.2) is 36.7 Å². The number of amides is 1. The molecule has 1 atom stereocenters. The van der Waals surface area contributed by atoms with Gasteiger partial charge in [0.25, 0.3) is 0 Å². The lowest BCUT2D eigenvalue weighted by atomic mass is 10.0. The summed E-state index contributed by atoms with van der Waals surface area (Å²) >= 11 is 0. The van der Waals surface area contributed by atoms with E-state index in [2.05, 4.69) is 10.4 Å². The van der Waals surface area contributed by atoms with Crippen molar-refractivity contribution < 1.29 is 4.79 Å². The first-order chi connectivity index (χ1) is 8.56. The Morgan fingerprint density at radius 2 is 1.94 bits per heavy atom. The minimum atomic E-state index is -0.0150. The number of carbonyl (C=O) groups excluding carboxylic acids is 1. The van der Waals surface area contributed by atoms with Crippen molar-refractivity contribution in [1.82, 2.24) is 15.1 Å². The molecule has 0 saturated heterocycles. The van der Waals surface area contributed by atoms with Gasteiger partial charge in [-0.25, -0.2) is 0 Å². The fourth-order valence-electron chi connectivity index (χ4n) is 1.92. The van der Waals surface area contributed by atoms with Crippen molar-refractivity contribution in [1.29, 1.82) is 0 Å². The number of aryl methyl sites for hydroxylation is 1. The predicted molar refractivity (Wildman–Crippen MR) is 70.9 cm³/mol. The van der Waals surface area contributed by atoms with Crippen molar-refractivity contribution in [3.63, 3.8) is 0 Å². The van der Waals surface area contributed by atoms with Gasteiger partial charge >= 0.3 is 0 Å². The van der Waals surface area contributed by atoms with Gasteiger partial charge in [0.15, 0.2) is 0 Å². The van der Waals surface area contributed by atoms with Crippen LogP contribution in [0, 0.1) is 0 Å². The van der Waals surface area contributed by atoms with Crippen molar-refractivity contribution in [2.75, 3.05) is 0 Å². The lowest BCUT2D eigenvalue weighted by Gasteiger charge is -2.13. The Morgan fingerprint density at radius 1 is 1.28 bits per heavy atom. The van der Waals surface area contributed by atoms with Gasteiger partial charge in [0.1, 0.15) is 0 Å². The summed E-state index contributed by atoms with van der Waals surface area (Å²) < 4.78 is 1.78. The molecule has 1 amide bonds. The lowest BCUT2D eigenvalue weighted by molar-refractivity contribution is -0.119. The normalized spacial score (nSPS) is 12.2. The van der Waals surface area contributed by atoms with Crippen molar-refractivity contribution >= 4 is 5.91 Å². The number of hydrogen-bond acceptors (Lipinski definition) is 2. The van der Waals surface area contributed by atoms with Crippen molar-refractivity contribution in [3.8, 4) is 11.1 Å². The molecule has 1 aromatic heterocycles. The molecule has 1 aromatic carbocycles. The largest absolute Gasteiger partial charge is 0.350 e. The molecular weight excluding hydrogens is 226 g/mol. The van der Waals surface area contributed by atoms with Crippen LogP contribution in [0.3, 0.4) is 0 Å². The quantitative estimate of drug-likeness (QED) is 0.899. The van der Waals surface area contributed by atoms with E-state index < -0.39 is 0 Å². The Labute approximate surface area is 107 Å². The van der Waals surface area contributed by atoms with Gasteiger partial charge in [-0.15, -0.1) is 0 Å². The molecule has 0 bridgehead atoms. The topological polar surface area (TPSA) is 46.9 Å². The van der Waals surface area contributed by atoms with Crippen LogP contribution >= 0.6 is 0 Å². The summed E-state index contributed by atoms with van der Waals surface area (Å²) in [5.74, 6) is -0.0150. The van der Waals surface area contributed by atoms with E-state index in [-0.39, 0.29) is 11.9 Å². The summed E-state index contributed by atoms with van der Waals surface area (Å²) in [7, 11) is 1.90. The Morgan fingerprint density at radius 3 is 2.44 bits per heavy atom. The van der Waals surface area contributed by atoms with Crippen LogP contribution in [0.25, 0.3) is 11.1 Å². The molecule has 0 saturated carbocycles. The smallest absolute Gasteiger partial charge is 0.217 e. The van der Waals surface area contributed by atoms with Crippen LogP contribution in [0.4, 0.5) is 0 Å². The summed E-state index contributed by atoms with van der Waals surface area (Å²) in [6, 6.07) is 8.19. The molecule has 0 unspecified atom stereocenters. The summed E-state index contributed by atoms with van der Waals surface area (Å²) in [4.78, 5) is 11.0. The third-order valence-corrected chi connectivity index (χ3v) is 2.87. The third kappa shape index (κ3) is 2.77. The number of rotatable bonds is 3. The standard InChI is InChI=1S/C14H17N3O/c1-10(16-11(2)18)12-4-6-13(7-5-12)14-8-15-17(3)9-14/h4-10H,1-3H3,(H,16,18)/t10-/m1/s1. The minimum Gasteiger partial charge on any atom is -0.350 e. The van der Waals surface area contributed by atoms with E-state index in [1.165, 1.54) is 6.92 Å². The molecule has 2 aromatic rings. The van der Waals surface area contributed by atoms with E-state index in [0.29, 0.717) is 0 Å². The fraction of sp³-hybridized carbons (Fsp3) is 0.286. The average Bonchev–Trinajstić information content (AvgIpc) is 2.75. The molecule has 18 heavy (non-hydrogen) atoms. The number of nitrogens with zero attached hydrogens (tertiary/aromatic N) is 2. The minimum absolute atomic E-state index is 0.0150. The molecule has 0 aliphatic rings. The number of hydrogen-bond donors (Lipinski definition) is 1. The molecule has 0 aliphatic heterocycles. The summed E-state index contributed by atoms with van der Waals surface area (Å²) in [5, 5.41) is 7.02. The van der Waals surface area contributed by atoms with Crippen LogP contribution in [0.2, 0.25) is 0 Å². The van der Waals surface area contributed by atoms with E-state index in [0.717, 1.165) is 16.7 Å². The number of nitrogens with one attached hydrogen (secondary N) is 1. The van der Waals surface area contributed by atoms with Crippen molar-refractivity contribution in [2.24, 2.45) is 7.05 Å². The highest BCUT2D eigenvalue weighted by Gasteiger charge is 2.07. The zero-order valence-corrected chi connectivity index (χ0v) is 10.8. The second-order valence-corrected chi connectivity index (χ2v) is 4.45. The van der Waals surface area contributed by atoms with Gasteiger partial charge in [0, 0.05) is 25.7 Å². The third-order valence-electron chi connectivity index (χ3n) is 2.87. The first-order valence-electron chi connectivity index (χ1n) is 5.92. The van der Waals surface area contributed by atoms with E-state index in [4.69, 9.17) is 0 Å². The average molecular weight is 243 g/mol. The van der Waals surface area contributed by atoms with Gasteiger partial charge in [0.2, 0.25) is 5.91 Å². The van der Waals surface area contributed by atoms with Gasteiger partial charge in [-0.3, -0.25) is 9.48 Å². The zero-order chi connectivity index (χ0) is 13.1. The summed E-state index contributed by atoms with van der Waals surface area (Å²) in [6.45, 7) is 3.50. The zero-order valence-electron chi connectivity index (χ0n) is 10.8. The molecule has 0 fully saturated rings. The highest BCUT2D eigenvalue weighted by molar-refractivity contribution is 5.73. The first kappa shape index (κ1) is 12.4. The van der Waals surface area contributed by atoms with Crippen LogP contribution in [0.1, 0.15) is 25.5 Å². The van der Waals surface area contributed by atoms with E-state index in [9.17, 15) is 4.79 Å². The maximum Gasteiger partial charge on any atom is 0.217 e. The SMILES string of the molecule is CC(=O)N[C@H](C)c1ccc(-c2cnn(C)c2)cc1. The Balaban J connectivity index is 2.17. The van der Waals surface area contributed by atoms with Gasteiger partial charge in [-0.05, 0) is 18.1 Å². The van der Waals surface area contributed by atoms with Crippen molar-refractivity contribution in [2.45, 2.75) is 19.9 Å². The van der Waals surface area contributed by atoms with E-state index in [1.807, 2.05) is 50.6 Å². The summed E-state index contributed by atoms with van der Waals surface area (Å²) in [5.41, 5.74) is 3.32. The van der Waals surface area contributed by atoms with Gasteiger partial charge in [-0.2, -0.15) is 5.10 Å². The van der Waals surface area contributed by atoms with Crippen molar-refractivity contribution in [3.05, 3.63) is 42.2 Å². The molecule has 0 radical (unpaired) electrons. The predicted octanol–water partition coefficient (Wildman–Crippen LogP) is 2.28. The lowest BCUT2D eigenvalue weighted by Crippen LogP contribution is -2.23. The molecule has 1 heterocycles. The maximum absolute atomic E-state index is 11.0. The molecule has 0 aliphatic carbocycles. The molecule has 4 nitrogen and oxygen atoms in total. The second kappa shape index (κ2) is 5.04. The fourth-order valence-corrected chi connectivity index (χ4v) is 1.92. The Kier molecular flexibility index (Phi) is 3.46. The summed E-state index contributed by atoms with van der Waals surface area (Å²) in [6.07, 6.45) is 3.82. The van der Waals surface area contributed by atoms with E-state index >= 15 is 0 Å². The highest BCUT2D eigenvalue weighted by Crippen LogP contribution is 2.21.